The molecular weight excluding hydrogens is 388 g/mol. The third-order valence-corrected chi connectivity index (χ3v) is 6.47. The fraction of sp³-hybridized carbons (Fsp3) is 0.200. The van der Waals surface area contributed by atoms with Crippen LogP contribution in [-0.2, 0) is 14.9 Å². The molecule has 2 aromatic carbocycles. The van der Waals surface area contributed by atoms with Gasteiger partial charge in [0, 0.05) is 18.4 Å². The van der Waals surface area contributed by atoms with Gasteiger partial charge in [-0.3, -0.25) is 4.79 Å². The number of Topliss-reactive ketones (excluding diaryl/α,β-unsaturated/α-hetero) is 1. The third-order valence-electron chi connectivity index (χ3n) is 6.47. The number of rotatable bonds is 0. The summed E-state index contributed by atoms with van der Waals surface area (Å²) in [6.45, 7) is 2.00. The van der Waals surface area contributed by atoms with Gasteiger partial charge >= 0.3 is 0 Å². The lowest BCUT2D eigenvalue weighted by Gasteiger charge is -2.39. The molecule has 31 heavy (non-hydrogen) atoms. The van der Waals surface area contributed by atoms with Gasteiger partial charge in [0.05, 0.1) is 28.0 Å². The van der Waals surface area contributed by atoms with Crippen LogP contribution in [0.3, 0.4) is 0 Å². The number of fused-ring (bicyclic) bond motifs is 7. The second-order valence-electron chi connectivity index (χ2n) is 8.24. The molecule has 150 valence electrons. The molecule has 3 aromatic rings. The number of ketones is 1. The molecule has 2 heterocycles. The van der Waals surface area contributed by atoms with E-state index in [-0.39, 0.29) is 17.2 Å². The van der Waals surface area contributed by atoms with Gasteiger partial charge in [0.15, 0.2) is 5.78 Å². The zero-order chi connectivity index (χ0) is 21.3. The first-order chi connectivity index (χ1) is 15.1. The maximum atomic E-state index is 13.3. The molecule has 0 fully saturated rings. The van der Waals surface area contributed by atoms with E-state index in [0.717, 1.165) is 27.7 Å². The molecule has 2 aliphatic carbocycles. The van der Waals surface area contributed by atoms with E-state index >= 15 is 0 Å². The summed E-state index contributed by atoms with van der Waals surface area (Å²) in [4.78, 5) is 23.3. The van der Waals surface area contributed by atoms with Gasteiger partial charge in [-0.25, -0.2) is 9.97 Å². The van der Waals surface area contributed by atoms with E-state index in [1.165, 1.54) is 0 Å². The summed E-state index contributed by atoms with van der Waals surface area (Å²) in [6.07, 6.45) is 1.69. The van der Waals surface area contributed by atoms with Gasteiger partial charge in [-0.1, -0.05) is 30.3 Å². The smallest absolute Gasteiger partial charge is 0.205 e. The fourth-order valence-electron chi connectivity index (χ4n) is 5.23. The molecule has 3 aliphatic rings. The minimum absolute atomic E-state index is 0.0321. The minimum Gasteiger partial charge on any atom is -0.444 e. The van der Waals surface area contributed by atoms with Crippen LogP contribution in [0, 0.1) is 18.3 Å². The van der Waals surface area contributed by atoms with Crippen molar-refractivity contribution in [3.63, 3.8) is 0 Å². The van der Waals surface area contributed by atoms with Crippen molar-refractivity contribution >= 4 is 16.8 Å². The van der Waals surface area contributed by atoms with E-state index in [2.05, 4.69) is 6.07 Å². The fourth-order valence-corrected chi connectivity index (χ4v) is 5.23. The first-order valence-corrected chi connectivity index (χ1v) is 10.3. The Kier molecular flexibility index (Phi) is 3.46. The van der Waals surface area contributed by atoms with E-state index in [9.17, 15) is 10.1 Å². The molecule has 1 aromatic heterocycles. The average molecular weight is 406 g/mol. The Hall–Kier alpha value is -3.98. The molecule has 2 N–H and O–H groups in total. The maximum Gasteiger partial charge on any atom is 0.205 e. The standard InChI is InChI=1S/C25H18N4O2/c1-13-9-10-17-18(11-13)29-23-22(28-17)14-5-2-3-6-15(14)25(23)16(12-26)24(27)31-20-8-4-7-19(30)21(20)25/h2-3,5-6,9-11H,4,7-8,27H2,1H3. The van der Waals surface area contributed by atoms with Gasteiger partial charge in [0.2, 0.25) is 5.88 Å². The zero-order valence-electron chi connectivity index (χ0n) is 16.9. The van der Waals surface area contributed by atoms with Crippen LogP contribution in [0.1, 0.15) is 36.1 Å². The van der Waals surface area contributed by atoms with Crippen molar-refractivity contribution in [1.82, 2.24) is 9.97 Å². The second-order valence-corrected chi connectivity index (χ2v) is 8.24. The van der Waals surface area contributed by atoms with Crippen LogP contribution in [-0.4, -0.2) is 15.8 Å². The lowest BCUT2D eigenvalue weighted by Crippen LogP contribution is -2.41. The van der Waals surface area contributed by atoms with Crippen LogP contribution in [0.2, 0.25) is 0 Å². The van der Waals surface area contributed by atoms with Crippen LogP contribution >= 0.6 is 0 Å². The minimum atomic E-state index is -1.19. The first-order valence-electron chi connectivity index (χ1n) is 10.3. The Labute approximate surface area is 178 Å². The molecule has 0 amide bonds. The van der Waals surface area contributed by atoms with E-state index < -0.39 is 5.41 Å². The highest BCUT2D eigenvalue weighted by Crippen LogP contribution is 2.59. The van der Waals surface area contributed by atoms with Crippen LogP contribution < -0.4 is 5.73 Å². The molecule has 0 saturated carbocycles. The van der Waals surface area contributed by atoms with Gasteiger partial charge in [-0.2, -0.15) is 5.26 Å². The number of benzene rings is 2. The Morgan fingerprint density at radius 3 is 2.81 bits per heavy atom. The number of carbonyl (C=O) groups excluding carboxylic acids is 1. The van der Waals surface area contributed by atoms with E-state index in [1.54, 1.807) is 0 Å². The van der Waals surface area contributed by atoms with Gasteiger partial charge in [0.1, 0.15) is 22.8 Å². The Morgan fingerprint density at radius 1 is 1.13 bits per heavy atom. The average Bonchev–Trinajstić information content (AvgIpc) is 3.03. The monoisotopic (exact) mass is 406 g/mol. The summed E-state index contributed by atoms with van der Waals surface area (Å²) in [5, 5.41) is 10.2. The molecule has 0 bridgehead atoms. The second kappa shape index (κ2) is 6.02. The molecule has 1 spiro atoms. The van der Waals surface area contributed by atoms with Gasteiger partial charge in [0.25, 0.3) is 0 Å². The van der Waals surface area contributed by atoms with Crippen molar-refractivity contribution in [1.29, 1.82) is 5.26 Å². The molecule has 1 aliphatic heterocycles. The number of aromatic nitrogens is 2. The maximum absolute atomic E-state index is 13.3. The Morgan fingerprint density at radius 2 is 1.97 bits per heavy atom. The van der Waals surface area contributed by atoms with Crippen molar-refractivity contribution in [3.8, 4) is 17.3 Å². The normalized spacial score (nSPS) is 21.6. The summed E-state index contributed by atoms with van der Waals surface area (Å²) >= 11 is 0. The summed E-state index contributed by atoms with van der Waals surface area (Å²) in [5.41, 5.74) is 11.3. The molecular formula is C25H18N4O2. The van der Waals surface area contributed by atoms with Gasteiger partial charge in [-0.15, -0.1) is 0 Å². The number of aryl methyl sites for hydroxylation is 1. The number of ether oxygens (including phenoxy) is 1. The van der Waals surface area contributed by atoms with Crippen LogP contribution in [0.25, 0.3) is 22.3 Å². The quantitative estimate of drug-likeness (QED) is 0.607. The highest BCUT2D eigenvalue weighted by atomic mass is 16.5. The highest BCUT2D eigenvalue weighted by molar-refractivity contribution is 6.05. The largest absolute Gasteiger partial charge is 0.444 e. The number of allylic oxidation sites excluding steroid dienone is 3. The molecule has 1 atom stereocenters. The molecule has 6 rings (SSSR count). The summed E-state index contributed by atoms with van der Waals surface area (Å²) in [7, 11) is 0. The number of nitriles is 1. The Balaban J connectivity index is 1.83. The van der Waals surface area contributed by atoms with Crippen molar-refractivity contribution in [3.05, 3.63) is 82.1 Å². The SMILES string of the molecule is Cc1ccc2nc3c(nc2c1)C1(C(C#N)=C(N)OC2=C1C(=O)CCC2)c1ccccc1-3. The molecule has 0 radical (unpaired) electrons. The number of nitrogens with zero attached hydrogens (tertiary/aromatic N) is 3. The number of hydrogen-bond acceptors (Lipinski definition) is 6. The van der Waals surface area contributed by atoms with E-state index in [4.69, 9.17) is 20.4 Å². The lowest BCUT2D eigenvalue weighted by molar-refractivity contribution is -0.117. The molecule has 0 saturated heterocycles. The predicted octanol–water partition coefficient (Wildman–Crippen LogP) is 3.94. The lowest BCUT2D eigenvalue weighted by atomic mass is 9.64. The van der Waals surface area contributed by atoms with E-state index in [1.807, 2.05) is 49.4 Å². The number of carbonyl (C=O) groups is 1. The van der Waals surface area contributed by atoms with Crippen molar-refractivity contribution < 1.29 is 9.53 Å². The number of hydrogen-bond donors (Lipinski definition) is 1. The third kappa shape index (κ3) is 2.13. The molecule has 1 unspecified atom stereocenters. The van der Waals surface area contributed by atoms with Crippen molar-refractivity contribution in [2.75, 3.05) is 0 Å². The molecule has 6 heteroatoms. The number of nitrogens with two attached hydrogens (primary N) is 1. The predicted molar refractivity (Wildman–Crippen MR) is 114 cm³/mol. The zero-order valence-corrected chi connectivity index (χ0v) is 16.9. The first kappa shape index (κ1) is 17.8. The topological polar surface area (TPSA) is 102 Å². The van der Waals surface area contributed by atoms with Gasteiger partial charge in [-0.05, 0) is 36.6 Å². The van der Waals surface area contributed by atoms with Crippen molar-refractivity contribution in [2.45, 2.75) is 31.6 Å². The van der Waals surface area contributed by atoms with Crippen LogP contribution in [0.4, 0.5) is 0 Å². The summed E-state index contributed by atoms with van der Waals surface area (Å²) in [6, 6.07) is 15.9. The molecule has 6 nitrogen and oxygen atoms in total. The van der Waals surface area contributed by atoms with Gasteiger partial charge < -0.3 is 10.5 Å². The summed E-state index contributed by atoms with van der Waals surface area (Å²) < 4.78 is 5.83. The van der Waals surface area contributed by atoms with Crippen molar-refractivity contribution in [2.24, 2.45) is 5.73 Å². The summed E-state index contributed by atoms with van der Waals surface area (Å²) in [5.74, 6) is 0.543. The van der Waals surface area contributed by atoms with E-state index in [0.29, 0.717) is 42.0 Å². The van der Waals surface area contributed by atoms with Crippen LogP contribution in [0.15, 0.2) is 65.3 Å². The Bertz CT molecular complexity index is 1440. The van der Waals surface area contributed by atoms with Crippen LogP contribution in [0.5, 0.6) is 0 Å². The highest BCUT2D eigenvalue weighted by Gasteiger charge is 2.58.